The summed E-state index contributed by atoms with van der Waals surface area (Å²) in [5.41, 5.74) is 1.09. The lowest BCUT2D eigenvalue weighted by Gasteiger charge is -2.24. The summed E-state index contributed by atoms with van der Waals surface area (Å²) in [6.45, 7) is 5.97. The van der Waals surface area contributed by atoms with E-state index in [0.29, 0.717) is 26.3 Å². The van der Waals surface area contributed by atoms with Gasteiger partial charge in [0.2, 0.25) is 0 Å². The summed E-state index contributed by atoms with van der Waals surface area (Å²) in [6.07, 6.45) is -0.622. The minimum atomic E-state index is -0.622. The van der Waals surface area contributed by atoms with Gasteiger partial charge in [-0.2, -0.15) is 0 Å². The van der Waals surface area contributed by atoms with Crippen LogP contribution in [0.4, 0.5) is 0 Å². The Balaban J connectivity index is 2.58. The Bertz CT molecular complexity index is 397. The zero-order valence-electron chi connectivity index (χ0n) is 12.8. The molecule has 1 aromatic rings. The third kappa shape index (κ3) is 7.80. The highest BCUT2D eigenvalue weighted by Crippen LogP contribution is 2.06. The van der Waals surface area contributed by atoms with Gasteiger partial charge in [-0.15, -0.1) is 0 Å². The molecule has 1 rings (SSSR count). The van der Waals surface area contributed by atoms with Crippen molar-refractivity contribution in [1.82, 2.24) is 4.90 Å². The molecule has 0 radical (unpaired) electrons. The van der Waals surface area contributed by atoms with E-state index in [1.165, 1.54) is 0 Å². The summed E-state index contributed by atoms with van der Waals surface area (Å²) in [5, 5.41) is 9.95. The summed E-state index contributed by atoms with van der Waals surface area (Å²) < 4.78 is 10.2. The molecule has 0 saturated heterocycles. The highest BCUT2D eigenvalue weighted by Gasteiger charge is 2.16. The second-order valence-corrected chi connectivity index (χ2v) is 4.77. The van der Waals surface area contributed by atoms with Crippen molar-refractivity contribution < 1.29 is 19.4 Å². The van der Waals surface area contributed by atoms with Crippen LogP contribution in [0.25, 0.3) is 0 Å². The quantitative estimate of drug-likeness (QED) is 0.662. The first-order valence-electron chi connectivity index (χ1n) is 7.33. The van der Waals surface area contributed by atoms with Gasteiger partial charge in [-0.3, -0.25) is 9.69 Å². The van der Waals surface area contributed by atoms with Crippen LogP contribution in [0.15, 0.2) is 30.3 Å². The summed E-state index contributed by atoms with van der Waals surface area (Å²) in [5.74, 6) is -0.281. The van der Waals surface area contributed by atoms with Crippen molar-refractivity contribution in [2.75, 3.05) is 32.9 Å². The van der Waals surface area contributed by atoms with Gasteiger partial charge < -0.3 is 14.6 Å². The summed E-state index contributed by atoms with van der Waals surface area (Å²) in [4.78, 5) is 13.5. The predicted octanol–water partition coefficient (Wildman–Crippen LogP) is 1.45. The van der Waals surface area contributed by atoms with Crippen molar-refractivity contribution in [3.05, 3.63) is 35.9 Å². The van der Waals surface area contributed by atoms with E-state index in [1.807, 2.05) is 42.2 Å². The first-order chi connectivity index (χ1) is 10.2. The van der Waals surface area contributed by atoms with Gasteiger partial charge in [0.15, 0.2) is 0 Å². The molecule has 5 nitrogen and oxygen atoms in total. The number of nitrogens with zero attached hydrogens (tertiary/aromatic N) is 1. The zero-order valence-corrected chi connectivity index (χ0v) is 12.8. The third-order valence-electron chi connectivity index (χ3n) is 2.89. The van der Waals surface area contributed by atoms with Crippen molar-refractivity contribution in [1.29, 1.82) is 0 Å². The fourth-order valence-corrected chi connectivity index (χ4v) is 2.02. The van der Waals surface area contributed by atoms with Crippen molar-refractivity contribution in [2.24, 2.45) is 0 Å². The summed E-state index contributed by atoms with van der Waals surface area (Å²) in [6, 6.07) is 9.84. The van der Waals surface area contributed by atoms with Crippen LogP contribution in [0, 0.1) is 0 Å². The summed E-state index contributed by atoms with van der Waals surface area (Å²) >= 11 is 0. The molecule has 0 aliphatic rings. The van der Waals surface area contributed by atoms with E-state index in [-0.39, 0.29) is 19.1 Å². The lowest BCUT2D eigenvalue weighted by molar-refractivity contribution is -0.145. The lowest BCUT2D eigenvalue weighted by atomic mass is 10.2. The largest absolute Gasteiger partial charge is 0.465 e. The molecule has 1 unspecified atom stereocenters. The van der Waals surface area contributed by atoms with Crippen LogP contribution in [0.2, 0.25) is 0 Å². The minimum absolute atomic E-state index is 0.159. The van der Waals surface area contributed by atoms with Crippen LogP contribution in [-0.4, -0.2) is 55.0 Å². The van der Waals surface area contributed by atoms with Crippen LogP contribution >= 0.6 is 0 Å². The highest BCUT2D eigenvalue weighted by atomic mass is 16.5. The number of rotatable bonds is 10. The molecule has 118 valence electrons. The molecule has 5 heteroatoms. The Kier molecular flexibility index (Phi) is 8.66. The van der Waals surface area contributed by atoms with Crippen LogP contribution in [0.3, 0.4) is 0 Å². The highest BCUT2D eigenvalue weighted by molar-refractivity contribution is 5.71. The Morgan fingerprint density at radius 3 is 2.57 bits per heavy atom. The minimum Gasteiger partial charge on any atom is -0.465 e. The molecular formula is C16H25NO4. The van der Waals surface area contributed by atoms with Gasteiger partial charge in [0.25, 0.3) is 0 Å². The number of benzene rings is 1. The number of hydrogen-bond acceptors (Lipinski definition) is 5. The van der Waals surface area contributed by atoms with E-state index >= 15 is 0 Å². The van der Waals surface area contributed by atoms with Crippen molar-refractivity contribution >= 4 is 5.97 Å². The summed E-state index contributed by atoms with van der Waals surface area (Å²) in [7, 11) is 0. The number of carbonyl (C=O) groups excluding carboxylic acids is 1. The second kappa shape index (κ2) is 10.3. The molecule has 0 amide bonds. The molecule has 0 fully saturated rings. The van der Waals surface area contributed by atoms with Gasteiger partial charge in [-0.05, 0) is 19.4 Å². The van der Waals surface area contributed by atoms with Crippen LogP contribution in [0.5, 0.6) is 0 Å². The molecule has 1 aromatic carbocycles. The maximum atomic E-state index is 11.7. The first kappa shape index (κ1) is 17.6. The monoisotopic (exact) mass is 295 g/mol. The van der Waals surface area contributed by atoms with Gasteiger partial charge >= 0.3 is 5.97 Å². The fraction of sp³-hybridized carbons (Fsp3) is 0.562. The molecule has 0 aromatic heterocycles. The number of hydrogen-bond donors (Lipinski definition) is 1. The average Bonchev–Trinajstić information content (AvgIpc) is 2.46. The molecule has 0 spiro atoms. The topological polar surface area (TPSA) is 59.0 Å². The number of aliphatic hydroxyl groups excluding tert-OH is 1. The van der Waals surface area contributed by atoms with E-state index in [9.17, 15) is 9.90 Å². The van der Waals surface area contributed by atoms with Crippen molar-refractivity contribution in [2.45, 2.75) is 26.5 Å². The third-order valence-corrected chi connectivity index (χ3v) is 2.89. The fourth-order valence-electron chi connectivity index (χ4n) is 2.02. The number of aliphatic hydroxyl groups is 1. The number of esters is 1. The molecule has 0 aliphatic heterocycles. The maximum absolute atomic E-state index is 11.7. The van der Waals surface area contributed by atoms with Gasteiger partial charge in [0.05, 0.1) is 25.9 Å². The van der Waals surface area contributed by atoms with Crippen molar-refractivity contribution in [3.63, 3.8) is 0 Å². The molecule has 1 atom stereocenters. The molecule has 0 aliphatic carbocycles. The Morgan fingerprint density at radius 1 is 1.24 bits per heavy atom. The second-order valence-electron chi connectivity index (χ2n) is 4.77. The van der Waals surface area contributed by atoms with E-state index in [1.54, 1.807) is 6.92 Å². The molecular weight excluding hydrogens is 270 g/mol. The van der Waals surface area contributed by atoms with Gasteiger partial charge in [0.1, 0.15) is 0 Å². The van der Waals surface area contributed by atoms with Crippen LogP contribution in [0.1, 0.15) is 19.4 Å². The smallest absolute Gasteiger partial charge is 0.320 e. The van der Waals surface area contributed by atoms with E-state index in [4.69, 9.17) is 9.47 Å². The van der Waals surface area contributed by atoms with Crippen LogP contribution < -0.4 is 0 Å². The average molecular weight is 295 g/mol. The van der Waals surface area contributed by atoms with Gasteiger partial charge in [-0.1, -0.05) is 30.3 Å². The molecule has 21 heavy (non-hydrogen) atoms. The van der Waals surface area contributed by atoms with Gasteiger partial charge in [0, 0.05) is 19.7 Å². The standard InChI is InChI=1S/C16H25NO4/c1-3-20-13-15(18)11-17(12-16(19)21-4-2)10-14-8-6-5-7-9-14/h5-9,15,18H,3-4,10-13H2,1-2H3. The van der Waals surface area contributed by atoms with E-state index in [0.717, 1.165) is 5.56 Å². The molecule has 0 heterocycles. The normalized spacial score (nSPS) is 12.4. The molecule has 0 bridgehead atoms. The SMILES string of the molecule is CCOCC(O)CN(CC(=O)OCC)Cc1ccccc1. The predicted molar refractivity (Wildman–Crippen MR) is 80.9 cm³/mol. The zero-order chi connectivity index (χ0) is 15.5. The van der Waals surface area contributed by atoms with E-state index in [2.05, 4.69) is 0 Å². The Hall–Kier alpha value is -1.43. The van der Waals surface area contributed by atoms with E-state index < -0.39 is 6.10 Å². The molecule has 1 N–H and O–H groups in total. The number of carbonyl (C=O) groups is 1. The number of ether oxygens (including phenoxy) is 2. The first-order valence-corrected chi connectivity index (χ1v) is 7.33. The van der Waals surface area contributed by atoms with Gasteiger partial charge in [-0.25, -0.2) is 0 Å². The van der Waals surface area contributed by atoms with Crippen LogP contribution in [-0.2, 0) is 20.8 Å². The lowest BCUT2D eigenvalue weighted by Crippen LogP contribution is -2.38. The Morgan fingerprint density at radius 2 is 1.95 bits per heavy atom. The maximum Gasteiger partial charge on any atom is 0.320 e. The Labute approximate surface area is 126 Å². The molecule has 0 saturated carbocycles. The van der Waals surface area contributed by atoms with Crippen molar-refractivity contribution in [3.8, 4) is 0 Å².